The lowest BCUT2D eigenvalue weighted by molar-refractivity contribution is -0.119. The van der Waals surface area contributed by atoms with Crippen LogP contribution in [-0.4, -0.2) is 24.8 Å². The summed E-state index contributed by atoms with van der Waals surface area (Å²) in [5, 5.41) is 12.7. The van der Waals surface area contributed by atoms with Crippen molar-refractivity contribution in [2.75, 3.05) is 11.9 Å². The van der Waals surface area contributed by atoms with Gasteiger partial charge in [-0.25, -0.2) is 4.79 Å². The molecule has 27 heavy (non-hydrogen) atoms. The topological polar surface area (TPSA) is 96.3 Å². The second-order valence-electron chi connectivity index (χ2n) is 6.53. The fourth-order valence-corrected chi connectivity index (χ4v) is 4.41. The molecule has 138 valence electrons. The van der Waals surface area contributed by atoms with Gasteiger partial charge in [0, 0.05) is 10.4 Å². The van der Waals surface area contributed by atoms with E-state index in [1.54, 1.807) is 0 Å². The van der Waals surface area contributed by atoms with Crippen molar-refractivity contribution >= 4 is 34.5 Å². The summed E-state index contributed by atoms with van der Waals surface area (Å²) in [5.41, 5.74) is 2.25. The van der Waals surface area contributed by atoms with Crippen LogP contribution >= 0.6 is 11.3 Å². The van der Waals surface area contributed by atoms with Gasteiger partial charge in [-0.15, -0.1) is 11.3 Å². The first-order valence-corrected chi connectivity index (χ1v) is 9.40. The molecule has 2 aromatic rings. The zero-order chi connectivity index (χ0) is 19.4. The first-order valence-electron chi connectivity index (χ1n) is 8.58. The third-order valence-corrected chi connectivity index (χ3v) is 5.66. The number of hydrogen-bond donors (Lipinski definition) is 1. The number of aldehydes is 1. The summed E-state index contributed by atoms with van der Waals surface area (Å²) in [7, 11) is 0. The molecule has 0 aliphatic heterocycles. The predicted octanol–water partition coefficient (Wildman–Crippen LogP) is 3.35. The standard InChI is InChI=1S/C20H18N2O4S/c1-12-2-7-15-16(9-21)19(27-17(15)8-12)22-18(24)11-26-20(25)14-5-3-13(10-23)4-6-14/h3-6,10,12H,2,7-8,11H2,1H3,(H,22,24). The Hall–Kier alpha value is -2.98. The number of anilines is 1. The van der Waals surface area contributed by atoms with Crippen LogP contribution in [0.15, 0.2) is 24.3 Å². The Morgan fingerprint density at radius 2 is 2.11 bits per heavy atom. The number of nitrogens with zero attached hydrogens (tertiary/aromatic N) is 1. The molecule has 1 unspecified atom stereocenters. The Bertz CT molecular complexity index is 925. The minimum Gasteiger partial charge on any atom is -0.452 e. The smallest absolute Gasteiger partial charge is 0.338 e. The fourth-order valence-electron chi connectivity index (χ4n) is 3.03. The van der Waals surface area contributed by atoms with E-state index < -0.39 is 18.5 Å². The minimum atomic E-state index is -0.651. The Labute approximate surface area is 160 Å². The highest BCUT2D eigenvalue weighted by atomic mass is 32.1. The molecule has 0 fully saturated rings. The van der Waals surface area contributed by atoms with E-state index in [0.29, 0.717) is 28.3 Å². The van der Waals surface area contributed by atoms with Crippen molar-refractivity contribution in [2.24, 2.45) is 5.92 Å². The lowest BCUT2D eigenvalue weighted by Gasteiger charge is -2.17. The Morgan fingerprint density at radius 3 is 2.78 bits per heavy atom. The molecule has 1 aromatic carbocycles. The van der Waals surface area contributed by atoms with Gasteiger partial charge in [0.2, 0.25) is 0 Å². The molecule has 0 spiro atoms. The van der Waals surface area contributed by atoms with Crippen LogP contribution in [0.4, 0.5) is 5.00 Å². The number of ether oxygens (including phenoxy) is 1. The number of thiophene rings is 1. The highest BCUT2D eigenvalue weighted by Crippen LogP contribution is 2.39. The van der Waals surface area contributed by atoms with Crippen LogP contribution in [0.5, 0.6) is 0 Å². The van der Waals surface area contributed by atoms with Gasteiger partial charge in [-0.3, -0.25) is 9.59 Å². The number of nitrogens with one attached hydrogen (secondary N) is 1. The maximum absolute atomic E-state index is 12.2. The predicted molar refractivity (Wildman–Crippen MR) is 101 cm³/mol. The summed E-state index contributed by atoms with van der Waals surface area (Å²) in [6, 6.07) is 8.11. The Kier molecular flexibility index (Phi) is 5.67. The van der Waals surface area contributed by atoms with Gasteiger partial charge in [0.1, 0.15) is 17.4 Å². The Balaban J connectivity index is 1.62. The maximum atomic E-state index is 12.2. The quantitative estimate of drug-likeness (QED) is 0.632. The second-order valence-corrected chi connectivity index (χ2v) is 7.64. The number of fused-ring (bicyclic) bond motifs is 1. The van der Waals surface area contributed by atoms with E-state index in [2.05, 4.69) is 18.3 Å². The first kappa shape index (κ1) is 18.8. The van der Waals surface area contributed by atoms with Crippen molar-refractivity contribution in [1.82, 2.24) is 0 Å². The van der Waals surface area contributed by atoms with E-state index in [9.17, 15) is 19.6 Å². The van der Waals surface area contributed by atoms with Gasteiger partial charge in [0.25, 0.3) is 5.91 Å². The van der Waals surface area contributed by atoms with E-state index in [4.69, 9.17) is 4.74 Å². The van der Waals surface area contributed by atoms with Gasteiger partial charge in [-0.1, -0.05) is 19.1 Å². The normalized spacial score (nSPS) is 15.3. The molecule has 1 aliphatic carbocycles. The monoisotopic (exact) mass is 382 g/mol. The SMILES string of the molecule is CC1CCc2c(sc(NC(=O)COC(=O)c3ccc(C=O)cc3)c2C#N)C1. The summed E-state index contributed by atoms with van der Waals surface area (Å²) < 4.78 is 5.01. The number of esters is 1. The minimum absolute atomic E-state index is 0.256. The number of benzene rings is 1. The number of carbonyl (C=O) groups is 3. The highest BCUT2D eigenvalue weighted by Gasteiger charge is 2.24. The van der Waals surface area contributed by atoms with Crippen molar-refractivity contribution in [2.45, 2.75) is 26.2 Å². The molecule has 7 heteroatoms. The molecule has 6 nitrogen and oxygen atoms in total. The van der Waals surface area contributed by atoms with Gasteiger partial charge in [-0.05, 0) is 42.9 Å². The number of hydrogen-bond acceptors (Lipinski definition) is 6. The zero-order valence-corrected chi connectivity index (χ0v) is 15.6. The summed E-state index contributed by atoms with van der Waals surface area (Å²) in [4.78, 5) is 35.9. The van der Waals surface area contributed by atoms with E-state index in [0.717, 1.165) is 29.7 Å². The van der Waals surface area contributed by atoms with Crippen molar-refractivity contribution in [3.05, 3.63) is 51.4 Å². The number of rotatable bonds is 5. The fraction of sp³-hybridized carbons (Fsp3) is 0.300. The maximum Gasteiger partial charge on any atom is 0.338 e. The van der Waals surface area contributed by atoms with E-state index >= 15 is 0 Å². The summed E-state index contributed by atoms with van der Waals surface area (Å²) >= 11 is 1.43. The highest BCUT2D eigenvalue weighted by molar-refractivity contribution is 7.16. The van der Waals surface area contributed by atoms with E-state index in [1.165, 1.54) is 35.6 Å². The average molecular weight is 382 g/mol. The Morgan fingerprint density at radius 1 is 1.37 bits per heavy atom. The first-order chi connectivity index (χ1) is 13.0. The van der Waals surface area contributed by atoms with Gasteiger partial charge in [0.05, 0.1) is 11.1 Å². The third-order valence-electron chi connectivity index (χ3n) is 4.49. The van der Waals surface area contributed by atoms with Gasteiger partial charge < -0.3 is 10.1 Å². The molecule has 3 rings (SSSR count). The van der Waals surface area contributed by atoms with E-state index in [1.807, 2.05) is 0 Å². The zero-order valence-electron chi connectivity index (χ0n) is 14.8. The average Bonchev–Trinajstić information content (AvgIpc) is 3.01. The molecular formula is C20H18N2O4S. The molecule has 1 N–H and O–H groups in total. The molecule has 0 radical (unpaired) electrons. The summed E-state index contributed by atoms with van der Waals surface area (Å²) in [5.74, 6) is -0.573. The van der Waals surface area contributed by atoms with Crippen molar-refractivity contribution < 1.29 is 19.1 Å². The summed E-state index contributed by atoms with van der Waals surface area (Å²) in [6.45, 7) is 1.73. The van der Waals surface area contributed by atoms with Crippen LogP contribution in [0.3, 0.4) is 0 Å². The molecule has 0 bridgehead atoms. The molecule has 0 saturated heterocycles. The molecular weight excluding hydrogens is 364 g/mol. The van der Waals surface area contributed by atoms with Crippen LogP contribution in [0, 0.1) is 17.2 Å². The molecule has 1 amide bonds. The van der Waals surface area contributed by atoms with Crippen LogP contribution in [0.1, 0.15) is 50.1 Å². The molecule has 1 aliphatic rings. The second kappa shape index (κ2) is 8.14. The van der Waals surface area contributed by atoms with Gasteiger partial charge in [-0.2, -0.15) is 5.26 Å². The number of nitriles is 1. The molecule has 0 saturated carbocycles. The number of carbonyl (C=O) groups excluding carboxylic acids is 3. The third kappa shape index (κ3) is 4.23. The van der Waals surface area contributed by atoms with Crippen LogP contribution in [0.25, 0.3) is 0 Å². The lowest BCUT2D eigenvalue weighted by Crippen LogP contribution is -2.21. The van der Waals surface area contributed by atoms with Crippen LogP contribution in [-0.2, 0) is 22.4 Å². The lowest BCUT2D eigenvalue weighted by atomic mass is 9.89. The van der Waals surface area contributed by atoms with Crippen molar-refractivity contribution in [3.8, 4) is 6.07 Å². The van der Waals surface area contributed by atoms with Gasteiger partial charge >= 0.3 is 5.97 Å². The van der Waals surface area contributed by atoms with Crippen molar-refractivity contribution in [1.29, 1.82) is 5.26 Å². The molecule has 1 aromatic heterocycles. The summed E-state index contributed by atoms with van der Waals surface area (Å²) in [6.07, 6.45) is 3.47. The molecule has 1 heterocycles. The largest absolute Gasteiger partial charge is 0.452 e. The van der Waals surface area contributed by atoms with E-state index in [-0.39, 0.29) is 5.56 Å². The van der Waals surface area contributed by atoms with Gasteiger partial charge in [0.15, 0.2) is 6.61 Å². The molecule has 1 atom stereocenters. The number of amides is 1. The van der Waals surface area contributed by atoms with Crippen LogP contribution in [0.2, 0.25) is 0 Å². The van der Waals surface area contributed by atoms with Crippen molar-refractivity contribution in [3.63, 3.8) is 0 Å². The van der Waals surface area contributed by atoms with Crippen LogP contribution < -0.4 is 5.32 Å².